The molecule has 0 spiro atoms. The normalized spacial score (nSPS) is 18.2. The largest absolute Gasteiger partial charge is 0.378 e. The molecule has 4 rings (SSSR count). The van der Waals surface area contributed by atoms with Gasteiger partial charge in [-0.2, -0.15) is 0 Å². The second-order valence-corrected chi connectivity index (χ2v) is 10.1. The maximum absolute atomic E-state index is 10.1. The summed E-state index contributed by atoms with van der Waals surface area (Å²) in [5.41, 5.74) is 7.84. The van der Waals surface area contributed by atoms with Crippen LogP contribution in [0, 0.1) is 11.8 Å². The number of fused-ring (bicyclic) bond motifs is 1. The highest BCUT2D eigenvalue weighted by atomic mass is 32.2. The van der Waals surface area contributed by atoms with Gasteiger partial charge in [-0.15, -0.1) is 11.8 Å². The lowest BCUT2D eigenvalue weighted by Gasteiger charge is -2.20. The molecule has 6 nitrogen and oxygen atoms in total. The van der Waals surface area contributed by atoms with Gasteiger partial charge in [-0.1, -0.05) is 42.2 Å². The standard InChI is InChI=1S/C26H29N5OS/c1-25(2,32)11-12-26(3)17-33-21-22(26)30-23(19-9-13-28-14-10-19)31-24(21)29-16-20(27)15-18-7-5-4-6-8-18/h4-10,13-14,20,32H,15-17,27H2,1-3H3,(H,29,30,31)/t20-,26?/m0/s1. The minimum Gasteiger partial charge on any atom is -0.378 e. The Labute approximate surface area is 199 Å². The Kier molecular flexibility index (Phi) is 6.71. The Bertz CT molecular complexity index is 1170. The number of nitrogens with two attached hydrogens (primary N) is 1. The van der Waals surface area contributed by atoms with E-state index in [9.17, 15) is 5.11 Å². The van der Waals surface area contributed by atoms with Crippen molar-refractivity contribution in [3.8, 4) is 23.2 Å². The number of hydrogen-bond acceptors (Lipinski definition) is 7. The quantitative estimate of drug-likeness (QED) is 0.484. The van der Waals surface area contributed by atoms with E-state index in [1.807, 2.05) is 30.3 Å². The molecule has 0 saturated heterocycles. The van der Waals surface area contributed by atoms with Crippen molar-refractivity contribution in [2.24, 2.45) is 5.73 Å². The highest BCUT2D eigenvalue weighted by molar-refractivity contribution is 7.99. The van der Waals surface area contributed by atoms with Gasteiger partial charge >= 0.3 is 0 Å². The zero-order valence-corrected chi connectivity index (χ0v) is 20.0. The van der Waals surface area contributed by atoms with Crippen LogP contribution in [0.15, 0.2) is 59.8 Å². The van der Waals surface area contributed by atoms with Gasteiger partial charge in [0.25, 0.3) is 0 Å². The summed E-state index contributed by atoms with van der Waals surface area (Å²) in [6.07, 6.45) is 4.24. The number of aromatic nitrogens is 3. The Balaban J connectivity index is 1.66. The number of nitrogens with one attached hydrogen (secondary N) is 1. The molecule has 1 aliphatic rings. The van der Waals surface area contributed by atoms with Crippen molar-refractivity contribution in [2.75, 3.05) is 17.6 Å². The topological polar surface area (TPSA) is 97.0 Å². The van der Waals surface area contributed by atoms with E-state index >= 15 is 0 Å². The minimum atomic E-state index is -1.07. The smallest absolute Gasteiger partial charge is 0.162 e. The van der Waals surface area contributed by atoms with Crippen molar-refractivity contribution in [1.82, 2.24) is 15.0 Å². The van der Waals surface area contributed by atoms with E-state index in [1.165, 1.54) is 5.56 Å². The molecule has 0 radical (unpaired) electrons. The Morgan fingerprint density at radius 3 is 2.61 bits per heavy atom. The molecule has 0 bridgehead atoms. The molecule has 0 amide bonds. The van der Waals surface area contributed by atoms with Crippen molar-refractivity contribution in [3.63, 3.8) is 0 Å². The molecule has 33 heavy (non-hydrogen) atoms. The van der Waals surface area contributed by atoms with Crippen molar-refractivity contribution < 1.29 is 5.11 Å². The third-order valence-corrected chi connectivity index (χ3v) is 6.75. The molecule has 1 aliphatic heterocycles. The molecule has 7 heteroatoms. The number of pyridine rings is 1. The molecular formula is C26H29N5OS. The summed E-state index contributed by atoms with van der Waals surface area (Å²) in [6, 6.07) is 14.0. The minimum absolute atomic E-state index is 0.0600. The Morgan fingerprint density at radius 2 is 1.91 bits per heavy atom. The molecule has 2 atom stereocenters. The third kappa shape index (κ3) is 5.72. The van der Waals surface area contributed by atoms with E-state index < -0.39 is 11.0 Å². The van der Waals surface area contributed by atoms with Gasteiger partial charge in [0.05, 0.1) is 16.0 Å². The number of anilines is 1. The van der Waals surface area contributed by atoms with E-state index in [2.05, 4.69) is 41.2 Å². The first-order valence-electron chi connectivity index (χ1n) is 11.0. The van der Waals surface area contributed by atoms with Crippen LogP contribution in [0.1, 0.15) is 32.0 Å². The lowest BCUT2D eigenvalue weighted by atomic mass is 9.88. The zero-order chi connectivity index (χ0) is 23.5. The monoisotopic (exact) mass is 459 g/mol. The van der Waals surface area contributed by atoms with Gasteiger partial charge in [0.15, 0.2) is 5.82 Å². The van der Waals surface area contributed by atoms with Crippen LogP contribution < -0.4 is 11.1 Å². The third-order valence-electron chi connectivity index (χ3n) is 5.35. The van der Waals surface area contributed by atoms with Gasteiger partial charge in [-0.25, -0.2) is 9.97 Å². The number of hydrogen-bond donors (Lipinski definition) is 3. The van der Waals surface area contributed by atoms with Gasteiger partial charge in [-0.05, 0) is 44.9 Å². The Morgan fingerprint density at radius 1 is 1.18 bits per heavy atom. The molecule has 3 aromatic rings. The lowest BCUT2D eigenvalue weighted by molar-refractivity contribution is 0.143. The molecule has 0 saturated carbocycles. The summed E-state index contributed by atoms with van der Waals surface area (Å²) < 4.78 is 0. The predicted octanol–water partition coefficient (Wildman–Crippen LogP) is 3.66. The van der Waals surface area contributed by atoms with Crippen molar-refractivity contribution >= 4 is 17.6 Å². The van der Waals surface area contributed by atoms with E-state index in [0.29, 0.717) is 12.4 Å². The molecule has 1 aromatic carbocycles. The summed E-state index contributed by atoms with van der Waals surface area (Å²) >= 11 is 1.69. The highest BCUT2D eigenvalue weighted by Crippen LogP contribution is 2.46. The Hall–Kier alpha value is -2.92. The average molecular weight is 460 g/mol. The number of thioether (sulfide) groups is 1. The fraction of sp³-hybridized carbons (Fsp3) is 0.346. The van der Waals surface area contributed by atoms with E-state index in [-0.39, 0.29) is 6.04 Å². The van der Waals surface area contributed by atoms with Crippen LogP contribution in [-0.4, -0.2) is 44.0 Å². The second-order valence-electron chi connectivity index (χ2n) is 9.07. The summed E-state index contributed by atoms with van der Waals surface area (Å²) in [5.74, 6) is 8.40. The van der Waals surface area contributed by atoms with Crippen LogP contribution in [0.5, 0.6) is 0 Å². The molecule has 2 aromatic heterocycles. The molecule has 1 unspecified atom stereocenters. The second kappa shape index (κ2) is 9.52. The van der Waals surface area contributed by atoms with Crippen LogP contribution in [-0.2, 0) is 11.8 Å². The van der Waals surface area contributed by atoms with Crippen molar-refractivity contribution in [2.45, 2.75) is 49.1 Å². The lowest BCUT2D eigenvalue weighted by Crippen LogP contribution is -2.31. The molecular weight excluding hydrogens is 430 g/mol. The maximum Gasteiger partial charge on any atom is 0.162 e. The molecule has 0 aliphatic carbocycles. The number of benzene rings is 1. The highest BCUT2D eigenvalue weighted by Gasteiger charge is 2.38. The SMILES string of the molecule is CC(C)(O)C#CC1(C)CSc2c(NC[C@@H](N)Cc3ccccc3)nc(-c3ccncc3)nc21. The summed E-state index contributed by atoms with van der Waals surface area (Å²) in [7, 11) is 0. The predicted molar refractivity (Wildman–Crippen MR) is 134 cm³/mol. The van der Waals surface area contributed by atoms with E-state index in [0.717, 1.165) is 34.1 Å². The number of aliphatic hydroxyl groups is 1. The molecule has 0 fully saturated rings. The summed E-state index contributed by atoms with van der Waals surface area (Å²) in [6.45, 7) is 6.03. The van der Waals surface area contributed by atoms with Crippen LogP contribution in [0.2, 0.25) is 0 Å². The first-order chi connectivity index (χ1) is 15.7. The first kappa shape index (κ1) is 23.2. The molecule has 3 heterocycles. The van der Waals surface area contributed by atoms with E-state index in [1.54, 1.807) is 38.0 Å². The number of rotatable bonds is 6. The van der Waals surface area contributed by atoms with Gasteiger partial charge in [0, 0.05) is 36.3 Å². The molecule has 4 N–H and O–H groups in total. The van der Waals surface area contributed by atoms with Crippen LogP contribution in [0.3, 0.4) is 0 Å². The van der Waals surface area contributed by atoms with Gasteiger partial charge < -0.3 is 16.2 Å². The fourth-order valence-corrected chi connectivity index (χ4v) is 4.90. The summed E-state index contributed by atoms with van der Waals surface area (Å²) in [5, 5.41) is 13.6. The zero-order valence-electron chi connectivity index (χ0n) is 19.2. The molecule has 170 valence electrons. The van der Waals surface area contributed by atoms with Gasteiger partial charge in [0.1, 0.15) is 11.4 Å². The first-order valence-corrected chi connectivity index (χ1v) is 12.0. The van der Waals surface area contributed by atoms with E-state index in [4.69, 9.17) is 15.7 Å². The average Bonchev–Trinajstić information content (AvgIpc) is 3.14. The van der Waals surface area contributed by atoms with Crippen molar-refractivity contribution in [3.05, 3.63) is 66.1 Å². The maximum atomic E-state index is 10.1. The van der Waals surface area contributed by atoms with Crippen LogP contribution in [0.4, 0.5) is 5.82 Å². The van der Waals surface area contributed by atoms with Crippen LogP contribution >= 0.6 is 11.8 Å². The van der Waals surface area contributed by atoms with Gasteiger partial charge in [0.2, 0.25) is 0 Å². The van der Waals surface area contributed by atoms with Gasteiger partial charge in [-0.3, -0.25) is 4.98 Å². The van der Waals surface area contributed by atoms with Crippen LogP contribution in [0.25, 0.3) is 11.4 Å². The fourth-order valence-electron chi connectivity index (χ4n) is 3.60. The summed E-state index contributed by atoms with van der Waals surface area (Å²) in [4.78, 5) is 14.9. The number of nitrogens with zero attached hydrogens (tertiary/aromatic N) is 3. The van der Waals surface area contributed by atoms with Crippen molar-refractivity contribution in [1.29, 1.82) is 0 Å².